The highest BCUT2D eigenvalue weighted by atomic mass is 16.5. The number of amides is 6. The molecule has 8 unspecified atom stereocenters. The molecule has 2 aliphatic heterocycles. The van der Waals surface area contributed by atoms with Gasteiger partial charge in [-0.3, -0.25) is 28.8 Å². The van der Waals surface area contributed by atoms with Gasteiger partial charge in [0.25, 0.3) is 0 Å². The molecule has 16 nitrogen and oxygen atoms in total. The van der Waals surface area contributed by atoms with E-state index in [4.69, 9.17) is 9.47 Å². The first kappa shape index (κ1) is 43.9. The number of carbonyl (C=O) groups excluding carboxylic acids is 8. The normalized spacial score (nSPS) is 20.6. The van der Waals surface area contributed by atoms with Crippen molar-refractivity contribution in [3.63, 3.8) is 0 Å². The Morgan fingerprint density at radius 2 is 0.885 bits per heavy atom. The van der Waals surface area contributed by atoms with Crippen LogP contribution in [0.3, 0.4) is 0 Å². The van der Waals surface area contributed by atoms with Crippen LogP contribution in [0.1, 0.15) is 93.9 Å². The number of rotatable bonds is 16. The standard InChI is InChI=1S/C36H60N6O10/c1-11-21(7)27(31(45)37-25(19(3)4)35(49)51-9)39-29(43)23-15-13-17-41(23)33(47)34(48)42-18-14-16-24(42)30(44)40-28(22(8)12-2)32(46)38-26(20(5)6)36(50)52-10/h19-28H,11-18H2,1-10H3,(H,37,45)(H,38,46)(H,39,43)(H,40,44). The van der Waals surface area contributed by atoms with Gasteiger partial charge < -0.3 is 40.5 Å². The maximum atomic E-state index is 13.7. The third-order valence-electron chi connectivity index (χ3n) is 10.2. The monoisotopic (exact) mass is 736 g/mol. The Balaban J connectivity index is 2.21. The Hall–Kier alpha value is -4.24. The molecule has 4 N–H and O–H groups in total. The fraction of sp³-hybridized carbons (Fsp3) is 0.778. The summed E-state index contributed by atoms with van der Waals surface area (Å²) in [5.41, 5.74) is 0. The third kappa shape index (κ3) is 10.9. The number of esters is 2. The lowest BCUT2D eigenvalue weighted by atomic mass is 9.96. The summed E-state index contributed by atoms with van der Waals surface area (Å²) in [5, 5.41) is 10.9. The SMILES string of the molecule is CCC(C)C(NC(=O)C1CCCN1C(=O)C(=O)N1CCCC1C(=O)NC(C(=O)NC(C(=O)OC)C(C)C)C(C)CC)C(=O)NC(C(=O)OC)C(C)C. The maximum absolute atomic E-state index is 13.7. The summed E-state index contributed by atoms with van der Waals surface area (Å²) in [6, 6.07) is -5.98. The summed E-state index contributed by atoms with van der Waals surface area (Å²) in [5.74, 6) is -6.70. The molecule has 2 aliphatic rings. The van der Waals surface area contributed by atoms with Crippen LogP contribution in [0.4, 0.5) is 0 Å². The molecule has 0 aromatic carbocycles. The Morgan fingerprint density at radius 3 is 1.15 bits per heavy atom. The number of hydrogen-bond acceptors (Lipinski definition) is 10. The summed E-state index contributed by atoms with van der Waals surface area (Å²) in [7, 11) is 2.45. The largest absolute Gasteiger partial charge is 0.467 e. The lowest BCUT2D eigenvalue weighted by molar-refractivity contribution is -0.155. The summed E-state index contributed by atoms with van der Waals surface area (Å²) in [6.07, 6.45) is 2.44. The van der Waals surface area contributed by atoms with Gasteiger partial charge in [-0.2, -0.15) is 0 Å². The Morgan fingerprint density at radius 1 is 0.558 bits per heavy atom. The molecular weight excluding hydrogens is 676 g/mol. The molecule has 0 aliphatic carbocycles. The number of carbonyl (C=O) groups is 8. The second kappa shape index (κ2) is 20.1. The Labute approximate surface area is 307 Å². The molecule has 0 spiro atoms. The topological polar surface area (TPSA) is 210 Å². The smallest absolute Gasteiger partial charge is 0.328 e. The van der Waals surface area contributed by atoms with Crippen molar-refractivity contribution in [3.8, 4) is 0 Å². The zero-order valence-electron chi connectivity index (χ0n) is 32.4. The van der Waals surface area contributed by atoms with Crippen molar-refractivity contribution >= 4 is 47.4 Å². The summed E-state index contributed by atoms with van der Waals surface area (Å²) in [4.78, 5) is 108. The van der Waals surface area contributed by atoms with Gasteiger partial charge in [-0.15, -0.1) is 0 Å². The molecule has 0 aromatic heterocycles. The lowest BCUT2D eigenvalue weighted by Crippen LogP contribution is -2.60. The molecule has 294 valence electrons. The van der Waals surface area contributed by atoms with Gasteiger partial charge in [0.15, 0.2) is 0 Å². The van der Waals surface area contributed by atoms with Crippen molar-refractivity contribution in [2.45, 2.75) is 130 Å². The van der Waals surface area contributed by atoms with Crippen LogP contribution in [0.2, 0.25) is 0 Å². The van der Waals surface area contributed by atoms with Crippen molar-refractivity contribution in [3.05, 3.63) is 0 Å². The number of ether oxygens (including phenoxy) is 2. The molecule has 0 aromatic rings. The van der Waals surface area contributed by atoms with Crippen LogP contribution in [0.15, 0.2) is 0 Å². The molecular formula is C36H60N6O10. The van der Waals surface area contributed by atoms with Gasteiger partial charge in [0, 0.05) is 13.1 Å². The molecule has 0 bridgehead atoms. The van der Waals surface area contributed by atoms with E-state index >= 15 is 0 Å². The van der Waals surface area contributed by atoms with Crippen LogP contribution in [-0.2, 0) is 47.8 Å². The van der Waals surface area contributed by atoms with E-state index in [2.05, 4.69) is 21.3 Å². The fourth-order valence-electron chi connectivity index (χ4n) is 6.45. The Kier molecular flexibility index (Phi) is 17.0. The molecule has 0 saturated carbocycles. The van der Waals surface area contributed by atoms with E-state index in [1.54, 1.807) is 41.5 Å². The predicted octanol–water partition coefficient (Wildman–Crippen LogP) is 0.658. The van der Waals surface area contributed by atoms with Crippen molar-refractivity contribution < 1.29 is 47.8 Å². The third-order valence-corrected chi connectivity index (χ3v) is 10.2. The maximum Gasteiger partial charge on any atom is 0.328 e. The lowest BCUT2D eigenvalue weighted by Gasteiger charge is -2.32. The van der Waals surface area contributed by atoms with Gasteiger partial charge in [0.1, 0.15) is 36.3 Å². The Bertz CT molecular complexity index is 1220. The van der Waals surface area contributed by atoms with Crippen LogP contribution < -0.4 is 21.3 Å². The van der Waals surface area contributed by atoms with Crippen molar-refractivity contribution in [2.75, 3.05) is 27.3 Å². The average molecular weight is 737 g/mol. The van der Waals surface area contributed by atoms with E-state index < -0.39 is 83.6 Å². The summed E-state index contributed by atoms with van der Waals surface area (Å²) < 4.78 is 9.66. The van der Waals surface area contributed by atoms with Gasteiger partial charge in [-0.25, -0.2) is 9.59 Å². The minimum atomic E-state index is -1.03. The van der Waals surface area contributed by atoms with E-state index in [1.807, 2.05) is 13.8 Å². The van der Waals surface area contributed by atoms with Crippen LogP contribution in [0, 0.1) is 23.7 Å². The van der Waals surface area contributed by atoms with Crippen LogP contribution in [0.5, 0.6) is 0 Å². The highest BCUT2D eigenvalue weighted by Crippen LogP contribution is 2.24. The zero-order chi connectivity index (χ0) is 39.4. The molecule has 6 amide bonds. The molecule has 16 heteroatoms. The van der Waals surface area contributed by atoms with E-state index in [0.717, 1.165) is 0 Å². The zero-order valence-corrected chi connectivity index (χ0v) is 32.4. The average Bonchev–Trinajstić information content (AvgIpc) is 3.82. The van der Waals surface area contributed by atoms with Crippen molar-refractivity contribution in [2.24, 2.45) is 23.7 Å². The number of methoxy groups -OCH3 is 2. The molecule has 0 radical (unpaired) electrons. The van der Waals surface area contributed by atoms with E-state index in [-0.39, 0.29) is 49.6 Å². The highest BCUT2D eigenvalue weighted by Gasteiger charge is 2.44. The summed E-state index contributed by atoms with van der Waals surface area (Å²) in [6.45, 7) is 14.5. The van der Waals surface area contributed by atoms with Gasteiger partial charge in [0.2, 0.25) is 23.6 Å². The van der Waals surface area contributed by atoms with Gasteiger partial charge in [0.05, 0.1) is 14.2 Å². The minimum Gasteiger partial charge on any atom is -0.467 e. The molecule has 2 rings (SSSR count). The van der Waals surface area contributed by atoms with E-state index in [0.29, 0.717) is 25.7 Å². The molecule has 52 heavy (non-hydrogen) atoms. The first-order chi connectivity index (χ1) is 24.4. The number of hydrogen-bond donors (Lipinski definition) is 4. The molecule has 2 fully saturated rings. The first-order valence-electron chi connectivity index (χ1n) is 18.4. The first-order valence-corrected chi connectivity index (χ1v) is 18.4. The second-order valence-electron chi connectivity index (χ2n) is 14.6. The van der Waals surface area contributed by atoms with Crippen LogP contribution in [0.25, 0.3) is 0 Å². The van der Waals surface area contributed by atoms with E-state index in [1.165, 1.54) is 24.0 Å². The van der Waals surface area contributed by atoms with Crippen molar-refractivity contribution in [1.82, 2.24) is 31.1 Å². The second-order valence-corrected chi connectivity index (χ2v) is 14.6. The fourth-order valence-corrected chi connectivity index (χ4v) is 6.45. The minimum absolute atomic E-state index is 0.124. The number of nitrogens with one attached hydrogen (secondary N) is 4. The van der Waals surface area contributed by atoms with Gasteiger partial charge in [-0.05, 0) is 49.4 Å². The van der Waals surface area contributed by atoms with Crippen molar-refractivity contribution in [1.29, 1.82) is 0 Å². The molecule has 2 saturated heterocycles. The summed E-state index contributed by atoms with van der Waals surface area (Å²) >= 11 is 0. The molecule has 2 heterocycles. The number of nitrogens with zero attached hydrogens (tertiary/aromatic N) is 2. The molecule has 8 atom stereocenters. The van der Waals surface area contributed by atoms with Crippen LogP contribution in [-0.4, -0.2) is 121 Å². The van der Waals surface area contributed by atoms with Crippen LogP contribution >= 0.6 is 0 Å². The van der Waals surface area contributed by atoms with Gasteiger partial charge >= 0.3 is 23.8 Å². The van der Waals surface area contributed by atoms with E-state index in [9.17, 15) is 38.4 Å². The predicted molar refractivity (Wildman–Crippen MR) is 190 cm³/mol. The highest BCUT2D eigenvalue weighted by molar-refractivity contribution is 6.36. The van der Waals surface area contributed by atoms with Gasteiger partial charge in [-0.1, -0.05) is 68.2 Å². The number of likely N-dealkylation sites (tertiary alicyclic amines) is 2. The quantitative estimate of drug-likeness (QED) is 0.129.